The van der Waals surface area contributed by atoms with Gasteiger partial charge < -0.3 is 5.32 Å². The smallest absolute Gasteiger partial charge is 0.243 e. The molecule has 2 aliphatic rings. The first kappa shape index (κ1) is 20.0. The maximum atomic E-state index is 13.0. The average Bonchev–Trinajstić information content (AvgIpc) is 3.50. The van der Waals surface area contributed by atoms with Gasteiger partial charge in [-0.05, 0) is 43.9 Å². The standard InChI is InChI=1S/C20H22N4O3S2/c21-10-14-3-1-5-18(9-14)29(26,27)24-8-2-4-16(12-24)20-23-17(13-28-20)11-22-19(25)15-6-7-15/h1,3,5,9,13,15-16H,2,4,6-8,11-12H2,(H,22,25)/t16-/m1/s1. The molecular formula is C20H22N4O3S2. The Balaban J connectivity index is 1.44. The summed E-state index contributed by atoms with van der Waals surface area (Å²) in [5.41, 5.74) is 1.15. The fourth-order valence-corrected chi connectivity index (χ4v) is 6.01. The number of benzene rings is 1. The Kier molecular flexibility index (Phi) is 5.67. The highest BCUT2D eigenvalue weighted by molar-refractivity contribution is 7.89. The zero-order valence-electron chi connectivity index (χ0n) is 15.9. The van der Waals surface area contributed by atoms with Crippen LogP contribution in [0.2, 0.25) is 0 Å². The van der Waals surface area contributed by atoms with Crippen molar-refractivity contribution in [2.45, 2.75) is 43.0 Å². The number of carbonyl (C=O) groups is 1. The Labute approximate surface area is 174 Å². The molecule has 1 aromatic heterocycles. The van der Waals surface area contributed by atoms with Crippen molar-refractivity contribution in [1.82, 2.24) is 14.6 Å². The van der Waals surface area contributed by atoms with Crippen LogP contribution in [0, 0.1) is 17.2 Å². The van der Waals surface area contributed by atoms with Crippen LogP contribution in [-0.4, -0.2) is 36.7 Å². The molecule has 0 spiro atoms. The van der Waals surface area contributed by atoms with Gasteiger partial charge in [0.05, 0.1) is 33.8 Å². The van der Waals surface area contributed by atoms with E-state index in [9.17, 15) is 13.2 Å². The van der Waals surface area contributed by atoms with Crippen molar-refractivity contribution in [1.29, 1.82) is 5.26 Å². The number of amides is 1. The fourth-order valence-electron chi connectivity index (χ4n) is 3.50. The molecule has 152 valence electrons. The van der Waals surface area contributed by atoms with Gasteiger partial charge in [-0.1, -0.05) is 6.07 Å². The Morgan fingerprint density at radius 2 is 2.17 bits per heavy atom. The lowest BCUT2D eigenvalue weighted by Gasteiger charge is -2.31. The van der Waals surface area contributed by atoms with Crippen LogP contribution in [0.5, 0.6) is 0 Å². The number of rotatable bonds is 6. The lowest BCUT2D eigenvalue weighted by molar-refractivity contribution is -0.122. The molecule has 1 aliphatic heterocycles. The molecule has 2 heterocycles. The van der Waals surface area contributed by atoms with Crippen molar-refractivity contribution in [3.05, 3.63) is 45.9 Å². The topological polar surface area (TPSA) is 103 Å². The number of thiazole rings is 1. The Morgan fingerprint density at radius 3 is 2.93 bits per heavy atom. The first-order valence-corrected chi connectivity index (χ1v) is 12.0. The maximum absolute atomic E-state index is 13.0. The third-order valence-corrected chi connectivity index (χ3v) is 8.21. The second kappa shape index (κ2) is 8.22. The van der Waals surface area contributed by atoms with E-state index in [2.05, 4.69) is 10.3 Å². The monoisotopic (exact) mass is 430 g/mol. The lowest BCUT2D eigenvalue weighted by atomic mass is 10.0. The molecule has 0 bridgehead atoms. The largest absolute Gasteiger partial charge is 0.350 e. The van der Waals surface area contributed by atoms with Crippen molar-refractivity contribution in [2.75, 3.05) is 13.1 Å². The highest BCUT2D eigenvalue weighted by Gasteiger charge is 2.32. The second-order valence-corrected chi connectivity index (χ2v) is 10.3. The first-order valence-electron chi connectivity index (χ1n) is 9.69. The summed E-state index contributed by atoms with van der Waals surface area (Å²) >= 11 is 1.52. The van der Waals surface area contributed by atoms with Crippen LogP contribution in [0.25, 0.3) is 0 Å². The molecule has 1 amide bonds. The Hall–Kier alpha value is -2.28. The summed E-state index contributed by atoms with van der Waals surface area (Å²) in [6, 6.07) is 8.13. The molecule has 4 rings (SSSR count). The molecule has 2 fully saturated rings. The minimum absolute atomic E-state index is 0.0376. The summed E-state index contributed by atoms with van der Waals surface area (Å²) in [4.78, 5) is 16.6. The first-order chi connectivity index (χ1) is 14.0. The van der Waals surface area contributed by atoms with E-state index < -0.39 is 10.0 Å². The molecule has 1 saturated carbocycles. The highest BCUT2D eigenvalue weighted by atomic mass is 32.2. The van der Waals surface area contributed by atoms with Crippen molar-refractivity contribution in [3.8, 4) is 6.07 Å². The van der Waals surface area contributed by atoms with Gasteiger partial charge in [-0.2, -0.15) is 9.57 Å². The Morgan fingerprint density at radius 1 is 1.34 bits per heavy atom. The van der Waals surface area contributed by atoms with Crippen LogP contribution in [-0.2, 0) is 21.4 Å². The average molecular weight is 431 g/mol. The molecule has 9 heteroatoms. The van der Waals surface area contributed by atoms with E-state index in [1.54, 1.807) is 12.1 Å². The van der Waals surface area contributed by atoms with Crippen LogP contribution >= 0.6 is 11.3 Å². The molecule has 0 radical (unpaired) electrons. The molecule has 1 aromatic carbocycles. The van der Waals surface area contributed by atoms with E-state index in [4.69, 9.17) is 5.26 Å². The van der Waals surface area contributed by atoms with Gasteiger partial charge in [-0.25, -0.2) is 13.4 Å². The minimum atomic E-state index is -3.65. The van der Waals surface area contributed by atoms with Gasteiger partial charge in [0.25, 0.3) is 0 Å². The van der Waals surface area contributed by atoms with E-state index in [1.165, 1.54) is 27.8 Å². The quantitative estimate of drug-likeness (QED) is 0.759. The number of sulfonamides is 1. The summed E-state index contributed by atoms with van der Waals surface area (Å²) in [6.45, 7) is 1.26. The molecule has 1 atom stereocenters. The third kappa shape index (κ3) is 4.50. The normalized spacial score (nSPS) is 20.2. The van der Waals surface area contributed by atoms with Crippen molar-refractivity contribution in [2.24, 2.45) is 5.92 Å². The zero-order valence-corrected chi connectivity index (χ0v) is 17.5. The third-order valence-electron chi connectivity index (χ3n) is 5.30. The molecule has 1 saturated heterocycles. The van der Waals surface area contributed by atoms with E-state index in [0.717, 1.165) is 36.4 Å². The molecule has 2 aromatic rings. The predicted molar refractivity (Wildman–Crippen MR) is 109 cm³/mol. The fraction of sp³-hybridized carbons (Fsp3) is 0.450. The number of nitrogens with zero attached hydrogens (tertiary/aromatic N) is 3. The van der Waals surface area contributed by atoms with Crippen LogP contribution < -0.4 is 5.32 Å². The van der Waals surface area contributed by atoms with Gasteiger partial charge in [-0.3, -0.25) is 4.79 Å². The predicted octanol–water partition coefficient (Wildman–Crippen LogP) is 2.61. The summed E-state index contributed by atoms with van der Waals surface area (Å²) in [6.07, 6.45) is 3.58. The van der Waals surface area contributed by atoms with E-state index >= 15 is 0 Å². The highest BCUT2D eigenvalue weighted by Crippen LogP contribution is 2.32. The molecule has 1 aliphatic carbocycles. The summed E-state index contributed by atoms with van der Waals surface area (Å²) in [5.74, 6) is 0.300. The van der Waals surface area contributed by atoms with Crippen LogP contribution in [0.4, 0.5) is 0 Å². The van der Waals surface area contributed by atoms with E-state index in [-0.39, 0.29) is 22.6 Å². The van der Waals surface area contributed by atoms with Crippen LogP contribution in [0.1, 0.15) is 47.9 Å². The summed E-state index contributed by atoms with van der Waals surface area (Å²) in [7, 11) is -3.65. The minimum Gasteiger partial charge on any atom is -0.350 e. The molecular weight excluding hydrogens is 408 g/mol. The Bertz CT molecular complexity index is 1050. The lowest BCUT2D eigenvalue weighted by Crippen LogP contribution is -2.39. The summed E-state index contributed by atoms with van der Waals surface area (Å²) < 4.78 is 27.6. The van der Waals surface area contributed by atoms with Gasteiger partial charge in [-0.15, -0.1) is 11.3 Å². The number of nitriles is 1. The van der Waals surface area contributed by atoms with Gasteiger partial charge in [0.15, 0.2) is 0 Å². The number of piperidine rings is 1. The number of aromatic nitrogens is 1. The summed E-state index contributed by atoms with van der Waals surface area (Å²) in [5, 5.41) is 14.8. The zero-order chi connectivity index (χ0) is 20.4. The van der Waals surface area contributed by atoms with Crippen molar-refractivity contribution >= 4 is 27.3 Å². The van der Waals surface area contributed by atoms with Crippen molar-refractivity contribution in [3.63, 3.8) is 0 Å². The van der Waals surface area contributed by atoms with E-state index in [1.807, 2.05) is 11.4 Å². The molecule has 7 nitrogen and oxygen atoms in total. The van der Waals surface area contributed by atoms with E-state index in [0.29, 0.717) is 25.2 Å². The van der Waals surface area contributed by atoms with Crippen molar-refractivity contribution < 1.29 is 13.2 Å². The number of nitrogens with one attached hydrogen (secondary N) is 1. The van der Waals surface area contributed by atoms with Gasteiger partial charge in [0.1, 0.15) is 0 Å². The van der Waals surface area contributed by atoms with Gasteiger partial charge in [0.2, 0.25) is 15.9 Å². The molecule has 0 unspecified atom stereocenters. The molecule has 1 N–H and O–H groups in total. The van der Waals surface area contributed by atoms with Gasteiger partial charge in [0, 0.05) is 30.3 Å². The van der Waals surface area contributed by atoms with Crippen LogP contribution in [0.3, 0.4) is 0 Å². The van der Waals surface area contributed by atoms with Gasteiger partial charge >= 0.3 is 0 Å². The number of hydrogen-bond acceptors (Lipinski definition) is 6. The molecule has 29 heavy (non-hydrogen) atoms. The maximum Gasteiger partial charge on any atom is 0.243 e. The number of hydrogen-bond donors (Lipinski definition) is 1. The SMILES string of the molecule is N#Cc1cccc(S(=O)(=O)N2CCC[C@@H](c3nc(CNC(=O)C4CC4)cs3)C2)c1. The second-order valence-electron chi connectivity index (χ2n) is 7.51. The number of carbonyl (C=O) groups excluding carboxylic acids is 1. The van der Waals surface area contributed by atoms with Crippen LogP contribution in [0.15, 0.2) is 34.5 Å².